The van der Waals surface area contributed by atoms with Gasteiger partial charge in [-0.15, -0.1) is 0 Å². The Bertz CT molecular complexity index is 1450. The molecule has 5 heteroatoms. The lowest BCUT2D eigenvalue weighted by molar-refractivity contribution is 0.0980. The molecule has 4 aromatic rings. The van der Waals surface area contributed by atoms with Crippen LogP contribution in [0.3, 0.4) is 0 Å². The Kier molecular flexibility index (Phi) is 7.36. The second-order valence-corrected chi connectivity index (χ2v) is 10.3. The highest BCUT2D eigenvalue weighted by molar-refractivity contribution is 6.09. The van der Waals surface area contributed by atoms with E-state index in [1.54, 1.807) is 24.3 Å². The highest BCUT2D eigenvalue weighted by Gasteiger charge is 2.19. The molecule has 0 saturated carbocycles. The number of hydrogen-bond acceptors (Lipinski definition) is 4. The zero-order chi connectivity index (χ0) is 26.6. The Hall–Kier alpha value is -4.25. The van der Waals surface area contributed by atoms with Crippen LogP contribution in [0.1, 0.15) is 61.2 Å². The van der Waals surface area contributed by atoms with E-state index in [9.17, 15) is 14.4 Å². The fourth-order valence-electron chi connectivity index (χ4n) is 5.06. The maximum atomic E-state index is 13.0. The smallest absolute Gasteiger partial charge is 0.193 e. The van der Waals surface area contributed by atoms with Crippen LogP contribution in [0.15, 0.2) is 91.1 Å². The number of benzene rings is 3. The van der Waals surface area contributed by atoms with Crippen LogP contribution in [0.5, 0.6) is 0 Å². The average Bonchev–Trinajstić information content (AvgIpc) is 3.57. The number of Topliss-reactive ketones (excluding diaryl/α,β-unsaturated/α-hetero) is 2. The summed E-state index contributed by atoms with van der Waals surface area (Å²) in [4.78, 5) is 40.7. The molecular weight excluding hydrogens is 472 g/mol. The topological polar surface area (TPSA) is 59.4 Å². The molecule has 0 radical (unpaired) electrons. The molecule has 0 bridgehead atoms. The Morgan fingerprint density at radius 2 is 1.29 bits per heavy atom. The lowest BCUT2D eigenvalue weighted by Crippen LogP contribution is -2.19. The summed E-state index contributed by atoms with van der Waals surface area (Å²) in [7, 11) is 1.85. The van der Waals surface area contributed by atoms with Crippen molar-refractivity contribution in [2.24, 2.45) is 13.0 Å². The summed E-state index contributed by atoms with van der Waals surface area (Å²) in [6.07, 6.45) is 3.64. The van der Waals surface area contributed by atoms with E-state index in [-0.39, 0.29) is 23.8 Å². The molecule has 5 nitrogen and oxygen atoms in total. The maximum absolute atomic E-state index is 13.0. The van der Waals surface area contributed by atoms with Crippen molar-refractivity contribution in [2.75, 3.05) is 18.0 Å². The van der Waals surface area contributed by atoms with Gasteiger partial charge in [-0.3, -0.25) is 14.4 Å². The SMILES string of the molecule is C[C@@H]1CCN(c2ccc(C(=O)Cc3ccc(C(=O)c4ccc(CC(=O)c5cccn5C)cc4)cc3)cc2)C1. The first-order valence-electron chi connectivity index (χ1n) is 13.1. The number of anilines is 1. The number of hydrogen-bond donors (Lipinski definition) is 0. The summed E-state index contributed by atoms with van der Waals surface area (Å²) < 4.78 is 1.81. The van der Waals surface area contributed by atoms with Crippen LogP contribution >= 0.6 is 0 Å². The normalized spacial score (nSPS) is 15.0. The predicted molar refractivity (Wildman–Crippen MR) is 150 cm³/mol. The molecule has 0 unspecified atom stereocenters. The van der Waals surface area contributed by atoms with Gasteiger partial charge >= 0.3 is 0 Å². The van der Waals surface area contributed by atoms with Crippen molar-refractivity contribution in [3.05, 3.63) is 125 Å². The van der Waals surface area contributed by atoms with E-state index >= 15 is 0 Å². The Morgan fingerprint density at radius 1 is 0.737 bits per heavy atom. The molecule has 38 heavy (non-hydrogen) atoms. The fourth-order valence-corrected chi connectivity index (χ4v) is 5.06. The van der Waals surface area contributed by atoms with Crippen LogP contribution in [-0.2, 0) is 19.9 Å². The summed E-state index contributed by atoms with van der Waals surface area (Å²) in [5.74, 6) is 0.723. The molecule has 2 heterocycles. The number of rotatable bonds is 9. The van der Waals surface area contributed by atoms with Gasteiger partial charge in [0.2, 0.25) is 0 Å². The largest absolute Gasteiger partial charge is 0.371 e. The second kappa shape index (κ2) is 11.0. The van der Waals surface area contributed by atoms with Crippen LogP contribution in [0.25, 0.3) is 0 Å². The highest BCUT2D eigenvalue weighted by atomic mass is 16.1. The minimum atomic E-state index is -0.0880. The first kappa shape index (κ1) is 25.4. The number of ketones is 3. The van der Waals surface area contributed by atoms with Gasteiger partial charge in [0.25, 0.3) is 0 Å². The van der Waals surface area contributed by atoms with E-state index in [0.29, 0.717) is 34.7 Å². The number of carbonyl (C=O) groups excluding carboxylic acids is 3. The van der Waals surface area contributed by atoms with Crippen LogP contribution in [-0.4, -0.2) is 35.0 Å². The number of aromatic nitrogens is 1. The summed E-state index contributed by atoms with van der Waals surface area (Å²) in [5.41, 5.74) is 5.41. The van der Waals surface area contributed by atoms with Crippen LogP contribution < -0.4 is 4.90 Å². The summed E-state index contributed by atoms with van der Waals surface area (Å²) >= 11 is 0. The van der Waals surface area contributed by atoms with Gasteiger partial charge in [0, 0.05) is 61.6 Å². The van der Waals surface area contributed by atoms with E-state index in [1.165, 1.54) is 12.1 Å². The second-order valence-electron chi connectivity index (χ2n) is 10.3. The monoisotopic (exact) mass is 504 g/mol. The fraction of sp³-hybridized carbons (Fsp3) is 0.242. The molecule has 0 amide bonds. The third kappa shape index (κ3) is 5.67. The lowest BCUT2D eigenvalue weighted by Gasteiger charge is -2.18. The molecule has 0 spiro atoms. The zero-order valence-electron chi connectivity index (χ0n) is 21.9. The molecule has 1 atom stereocenters. The third-order valence-electron chi connectivity index (χ3n) is 7.37. The molecular formula is C33H32N2O3. The van der Waals surface area contributed by atoms with Gasteiger partial charge in [-0.2, -0.15) is 0 Å². The molecule has 1 aliphatic heterocycles. The van der Waals surface area contributed by atoms with E-state index in [1.807, 2.05) is 78.5 Å². The van der Waals surface area contributed by atoms with Crippen molar-refractivity contribution >= 4 is 23.0 Å². The van der Waals surface area contributed by atoms with Crippen molar-refractivity contribution < 1.29 is 14.4 Å². The summed E-state index contributed by atoms with van der Waals surface area (Å²) in [6.45, 7) is 4.40. The number of aryl methyl sites for hydroxylation is 1. The van der Waals surface area contributed by atoms with Gasteiger partial charge in [0.15, 0.2) is 17.3 Å². The average molecular weight is 505 g/mol. The Balaban J connectivity index is 1.18. The van der Waals surface area contributed by atoms with Gasteiger partial charge < -0.3 is 9.47 Å². The lowest BCUT2D eigenvalue weighted by atomic mass is 9.97. The van der Waals surface area contributed by atoms with Gasteiger partial charge in [-0.05, 0) is 59.9 Å². The van der Waals surface area contributed by atoms with Gasteiger partial charge in [0.1, 0.15) is 0 Å². The first-order chi connectivity index (χ1) is 18.4. The molecule has 0 N–H and O–H groups in total. The van der Waals surface area contributed by atoms with Gasteiger partial charge in [-0.25, -0.2) is 0 Å². The van der Waals surface area contributed by atoms with Crippen LogP contribution in [0.2, 0.25) is 0 Å². The van der Waals surface area contributed by atoms with Crippen LogP contribution in [0, 0.1) is 5.92 Å². The summed E-state index contributed by atoms with van der Waals surface area (Å²) in [6, 6.07) is 26.0. The van der Waals surface area contributed by atoms with Crippen molar-refractivity contribution in [3.63, 3.8) is 0 Å². The van der Waals surface area contributed by atoms with Crippen molar-refractivity contribution in [1.82, 2.24) is 4.57 Å². The predicted octanol–water partition coefficient (Wildman–Crippen LogP) is 5.95. The highest BCUT2D eigenvalue weighted by Crippen LogP contribution is 2.24. The minimum absolute atomic E-state index is 0.0406. The third-order valence-corrected chi connectivity index (χ3v) is 7.37. The van der Waals surface area contributed by atoms with Gasteiger partial charge in [-0.1, -0.05) is 55.5 Å². The van der Waals surface area contributed by atoms with Crippen LogP contribution in [0.4, 0.5) is 5.69 Å². The molecule has 1 saturated heterocycles. The zero-order valence-corrected chi connectivity index (χ0v) is 21.9. The van der Waals surface area contributed by atoms with E-state index in [2.05, 4.69) is 11.8 Å². The van der Waals surface area contributed by atoms with E-state index < -0.39 is 0 Å². The minimum Gasteiger partial charge on any atom is -0.371 e. The van der Waals surface area contributed by atoms with Crippen molar-refractivity contribution in [3.8, 4) is 0 Å². The molecule has 0 aliphatic carbocycles. The standard InChI is InChI=1S/C33H32N2O3/c1-23-17-19-35(22-23)29-15-13-26(14-16-29)31(36)20-24-5-9-27(10-6-24)33(38)28-11-7-25(8-12-28)21-32(37)30-4-3-18-34(30)2/h3-16,18,23H,17,19-22H2,1-2H3/t23-/m1/s1. The summed E-state index contributed by atoms with van der Waals surface area (Å²) in [5, 5.41) is 0. The van der Waals surface area contributed by atoms with Crippen molar-refractivity contribution in [2.45, 2.75) is 26.2 Å². The Labute approximate surface area is 223 Å². The molecule has 1 fully saturated rings. The quantitative estimate of drug-likeness (QED) is 0.264. The molecule has 192 valence electrons. The molecule has 5 rings (SSSR count). The van der Waals surface area contributed by atoms with Gasteiger partial charge in [0.05, 0.1) is 5.69 Å². The number of carbonyl (C=O) groups is 3. The van der Waals surface area contributed by atoms with Crippen molar-refractivity contribution in [1.29, 1.82) is 0 Å². The van der Waals surface area contributed by atoms with E-state index in [0.717, 1.165) is 24.2 Å². The number of nitrogens with zero attached hydrogens (tertiary/aromatic N) is 2. The molecule has 1 aromatic heterocycles. The Morgan fingerprint density at radius 3 is 1.79 bits per heavy atom. The first-order valence-corrected chi connectivity index (χ1v) is 13.1. The maximum Gasteiger partial charge on any atom is 0.193 e. The van der Waals surface area contributed by atoms with E-state index in [4.69, 9.17) is 0 Å². The molecule has 1 aliphatic rings. The molecule has 3 aromatic carbocycles.